The number of rotatable bonds is 8. The smallest absolute Gasteiger partial charge is 0.337 e. The van der Waals surface area contributed by atoms with Crippen molar-refractivity contribution in [2.45, 2.75) is 6.61 Å². The molecule has 29 heavy (non-hydrogen) atoms. The molecule has 0 aliphatic carbocycles. The Bertz CT molecular complexity index is 980. The van der Waals surface area contributed by atoms with Crippen molar-refractivity contribution in [1.29, 1.82) is 0 Å². The summed E-state index contributed by atoms with van der Waals surface area (Å²) in [6.45, 7) is 0.338. The van der Waals surface area contributed by atoms with Crippen LogP contribution in [0, 0.1) is 0 Å². The van der Waals surface area contributed by atoms with E-state index in [9.17, 15) is 9.59 Å². The van der Waals surface area contributed by atoms with Crippen LogP contribution in [0.25, 0.3) is 0 Å². The lowest BCUT2D eigenvalue weighted by atomic mass is 10.2. The van der Waals surface area contributed by atoms with Crippen LogP contribution in [0.15, 0.2) is 66.7 Å². The van der Waals surface area contributed by atoms with Crippen LogP contribution < -0.4 is 14.2 Å². The quantitative estimate of drug-likeness (QED) is 0.410. The van der Waals surface area contributed by atoms with Crippen LogP contribution >= 0.6 is 0 Å². The van der Waals surface area contributed by atoms with E-state index in [4.69, 9.17) is 14.2 Å². The lowest BCUT2D eigenvalue weighted by Crippen LogP contribution is -2.01. The largest absolute Gasteiger partial charge is 0.493 e. The molecule has 3 aromatic rings. The molecule has 0 aliphatic rings. The molecule has 0 unspecified atom stereocenters. The van der Waals surface area contributed by atoms with Gasteiger partial charge in [0, 0.05) is 6.07 Å². The van der Waals surface area contributed by atoms with E-state index in [-0.39, 0.29) is 0 Å². The van der Waals surface area contributed by atoms with E-state index >= 15 is 0 Å². The average molecular weight is 392 g/mol. The minimum Gasteiger partial charge on any atom is -0.493 e. The number of benzene rings is 3. The molecule has 0 fully saturated rings. The molecule has 148 valence electrons. The van der Waals surface area contributed by atoms with Gasteiger partial charge in [-0.3, -0.25) is 4.79 Å². The fraction of sp³-hybridized carbons (Fsp3) is 0.130. The van der Waals surface area contributed by atoms with Gasteiger partial charge < -0.3 is 18.9 Å². The van der Waals surface area contributed by atoms with E-state index in [2.05, 4.69) is 4.74 Å². The van der Waals surface area contributed by atoms with Crippen LogP contribution in [0.3, 0.4) is 0 Å². The Morgan fingerprint density at radius 1 is 0.897 bits per heavy atom. The van der Waals surface area contributed by atoms with E-state index in [0.29, 0.717) is 47.0 Å². The summed E-state index contributed by atoms with van der Waals surface area (Å²) in [5, 5.41) is 0. The maximum atomic E-state index is 11.5. The first-order valence-corrected chi connectivity index (χ1v) is 8.84. The van der Waals surface area contributed by atoms with Crippen LogP contribution in [-0.4, -0.2) is 26.5 Å². The van der Waals surface area contributed by atoms with E-state index in [0.717, 1.165) is 5.56 Å². The third-order valence-electron chi connectivity index (χ3n) is 4.16. The van der Waals surface area contributed by atoms with Crippen molar-refractivity contribution < 1.29 is 28.5 Å². The van der Waals surface area contributed by atoms with Gasteiger partial charge in [0.15, 0.2) is 17.8 Å². The Morgan fingerprint density at radius 3 is 2.24 bits per heavy atom. The highest BCUT2D eigenvalue weighted by atomic mass is 16.5. The van der Waals surface area contributed by atoms with Crippen LogP contribution in [-0.2, 0) is 11.3 Å². The van der Waals surface area contributed by atoms with Gasteiger partial charge in [0.1, 0.15) is 18.1 Å². The van der Waals surface area contributed by atoms with Crippen molar-refractivity contribution in [2.24, 2.45) is 0 Å². The lowest BCUT2D eigenvalue weighted by molar-refractivity contribution is 0.0600. The van der Waals surface area contributed by atoms with Crippen molar-refractivity contribution >= 4 is 12.3 Å². The van der Waals surface area contributed by atoms with E-state index < -0.39 is 5.97 Å². The molecule has 0 N–H and O–H groups in total. The van der Waals surface area contributed by atoms with Crippen molar-refractivity contribution in [3.05, 3.63) is 83.4 Å². The Hall–Kier alpha value is -3.80. The Balaban J connectivity index is 1.85. The van der Waals surface area contributed by atoms with Gasteiger partial charge in [-0.15, -0.1) is 0 Å². The van der Waals surface area contributed by atoms with Gasteiger partial charge in [-0.2, -0.15) is 0 Å². The third kappa shape index (κ3) is 4.93. The standard InChI is InChI=1S/C23H20O6/c1-26-21-12-18(14-24)20(13-22(21)28-15-16-6-4-3-5-7-16)29-19-10-8-17(9-11-19)23(25)27-2/h3-14H,15H2,1-2H3. The first-order valence-electron chi connectivity index (χ1n) is 8.84. The molecule has 0 saturated heterocycles. The minimum atomic E-state index is -0.439. The third-order valence-corrected chi connectivity index (χ3v) is 4.16. The fourth-order valence-corrected chi connectivity index (χ4v) is 2.65. The number of hydrogen-bond donors (Lipinski definition) is 0. The van der Waals surface area contributed by atoms with E-state index in [1.165, 1.54) is 14.2 Å². The molecular formula is C23H20O6. The molecule has 0 radical (unpaired) electrons. The van der Waals surface area contributed by atoms with E-state index in [1.807, 2.05) is 30.3 Å². The van der Waals surface area contributed by atoms with Crippen molar-refractivity contribution in [1.82, 2.24) is 0 Å². The predicted octanol–water partition coefficient (Wildman–Crippen LogP) is 4.67. The summed E-state index contributed by atoms with van der Waals surface area (Å²) in [7, 11) is 2.82. The molecule has 0 bridgehead atoms. The molecule has 6 nitrogen and oxygen atoms in total. The van der Waals surface area contributed by atoms with Gasteiger partial charge in [-0.1, -0.05) is 30.3 Å². The fourth-order valence-electron chi connectivity index (χ4n) is 2.65. The molecule has 0 atom stereocenters. The molecule has 3 aromatic carbocycles. The Morgan fingerprint density at radius 2 is 1.62 bits per heavy atom. The van der Waals surface area contributed by atoms with Crippen LogP contribution in [0.4, 0.5) is 0 Å². The number of carbonyl (C=O) groups excluding carboxylic acids is 2. The monoisotopic (exact) mass is 392 g/mol. The topological polar surface area (TPSA) is 71.1 Å². The second-order valence-corrected chi connectivity index (χ2v) is 6.05. The number of carbonyl (C=O) groups is 2. The molecule has 0 amide bonds. The van der Waals surface area contributed by atoms with Crippen LogP contribution in [0.1, 0.15) is 26.3 Å². The average Bonchev–Trinajstić information content (AvgIpc) is 2.78. The summed E-state index contributed by atoms with van der Waals surface area (Å²) in [6.07, 6.45) is 0.682. The molecule has 0 aromatic heterocycles. The maximum absolute atomic E-state index is 11.5. The highest BCUT2D eigenvalue weighted by Gasteiger charge is 2.14. The molecule has 0 heterocycles. The summed E-state index contributed by atoms with van der Waals surface area (Å²) in [5.74, 6) is 1.21. The van der Waals surface area contributed by atoms with Crippen molar-refractivity contribution in [3.8, 4) is 23.0 Å². The maximum Gasteiger partial charge on any atom is 0.337 e. The molecular weight excluding hydrogens is 372 g/mol. The number of esters is 1. The molecule has 0 aliphatic heterocycles. The Kier molecular flexibility index (Phi) is 6.47. The summed E-state index contributed by atoms with van der Waals surface area (Å²) < 4.78 is 21.7. The summed E-state index contributed by atoms with van der Waals surface area (Å²) in [5.41, 5.74) is 1.71. The molecule has 3 rings (SSSR count). The molecule has 6 heteroatoms. The second kappa shape index (κ2) is 9.41. The van der Waals surface area contributed by atoms with E-state index in [1.54, 1.807) is 36.4 Å². The summed E-state index contributed by atoms with van der Waals surface area (Å²) in [6, 6.07) is 19.3. The number of ether oxygens (including phenoxy) is 4. The van der Waals surface area contributed by atoms with Crippen LogP contribution in [0.5, 0.6) is 23.0 Å². The van der Waals surface area contributed by atoms with Gasteiger partial charge in [0.05, 0.1) is 25.3 Å². The van der Waals surface area contributed by atoms with Gasteiger partial charge in [0.2, 0.25) is 0 Å². The normalized spacial score (nSPS) is 10.1. The molecule has 0 saturated carbocycles. The van der Waals surface area contributed by atoms with Crippen LogP contribution in [0.2, 0.25) is 0 Å². The molecule has 0 spiro atoms. The van der Waals surface area contributed by atoms with Gasteiger partial charge in [0.25, 0.3) is 0 Å². The highest BCUT2D eigenvalue weighted by molar-refractivity contribution is 5.89. The zero-order chi connectivity index (χ0) is 20.6. The number of aldehydes is 1. The van der Waals surface area contributed by atoms with Crippen molar-refractivity contribution in [2.75, 3.05) is 14.2 Å². The number of hydrogen-bond acceptors (Lipinski definition) is 6. The zero-order valence-corrected chi connectivity index (χ0v) is 16.1. The summed E-state index contributed by atoms with van der Waals surface area (Å²) >= 11 is 0. The highest BCUT2D eigenvalue weighted by Crippen LogP contribution is 2.36. The zero-order valence-electron chi connectivity index (χ0n) is 16.1. The SMILES string of the molecule is COC(=O)c1ccc(Oc2cc(OCc3ccccc3)c(OC)cc2C=O)cc1. The predicted molar refractivity (Wildman–Crippen MR) is 107 cm³/mol. The first-order chi connectivity index (χ1) is 14.1. The second-order valence-electron chi connectivity index (χ2n) is 6.05. The van der Waals surface area contributed by atoms with Gasteiger partial charge in [-0.05, 0) is 35.9 Å². The first kappa shape index (κ1) is 19.9. The Labute approximate surface area is 168 Å². The van der Waals surface area contributed by atoms with Gasteiger partial charge in [-0.25, -0.2) is 4.79 Å². The minimum absolute atomic E-state index is 0.311. The lowest BCUT2D eigenvalue weighted by Gasteiger charge is -2.15. The van der Waals surface area contributed by atoms with Gasteiger partial charge >= 0.3 is 5.97 Å². The number of methoxy groups -OCH3 is 2. The summed E-state index contributed by atoms with van der Waals surface area (Å²) in [4.78, 5) is 23.1. The van der Waals surface area contributed by atoms with Crippen molar-refractivity contribution in [3.63, 3.8) is 0 Å².